The van der Waals surface area contributed by atoms with E-state index < -0.39 is 12.1 Å². The van der Waals surface area contributed by atoms with Gasteiger partial charge < -0.3 is 15.5 Å². The summed E-state index contributed by atoms with van der Waals surface area (Å²) in [4.78, 5) is 12.2. The van der Waals surface area contributed by atoms with Crippen molar-refractivity contribution in [2.24, 2.45) is 0 Å². The van der Waals surface area contributed by atoms with Crippen LogP contribution >= 0.6 is 0 Å². The molecule has 0 heterocycles. The number of amides is 1. The number of carbonyl (C=O) groups excluding carboxylic acids is 1. The maximum Gasteiger partial charge on any atom is 0.220 e. The van der Waals surface area contributed by atoms with Crippen LogP contribution in [-0.4, -0.2) is 34.9 Å². The third-order valence-electron chi connectivity index (χ3n) is 10.0. The third kappa shape index (κ3) is 36.2. The second-order valence-corrected chi connectivity index (χ2v) is 14.8. The first-order chi connectivity index (χ1) is 23.2. The van der Waals surface area contributed by atoms with Gasteiger partial charge in [0.15, 0.2) is 0 Å². The highest BCUT2D eigenvalue weighted by Gasteiger charge is 2.17. The first-order valence-electron chi connectivity index (χ1n) is 21.4. The average Bonchev–Trinajstić information content (AvgIpc) is 3.07. The molecule has 4 nitrogen and oxygen atoms in total. The Morgan fingerprint density at radius 2 is 0.787 bits per heavy atom. The lowest BCUT2D eigenvalue weighted by molar-refractivity contribution is -0.123. The highest BCUT2D eigenvalue weighted by atomic mass is 16.3. The van der Waals surface area contributed by atoms with Crippen molar-refractivity contribution < 1.29 is 15.0 Å². The van der Waals surface area contributed by atoms with Crippen LogP contribution in [0.15, 0.2) is 12.2 Å². The van der Waals surface area contributed by atoms with E-state index in [0.717, 1.165) is 25.7 Å². The van der Waals surface area contributed by atoms with Crippen molar-refractivity contribution in [1.82, 2.24) is 5.32 Å². The smallest absolute Gasteiger partial charge is 0.220 e. The highest BCUT2D eigenvalue weighted by Crippen LogP contribution is 2.16. The van der Waals surface area contributed by atoms with Gasteiger partial charge in [-0.25, -0.2) is 0 Å². The molecule has 0 saturated heterocycles. The van der Waals surface area contributed by atoms with Gasteiger partial charge in [-0.1, -0.05) is 225 Å². The molecule has 0 aromatic carbocycles. The highest BCUT2D eigenvalue weighted by molar-refractivity contribution is 5.76. The lowest BCUT2D eigenvalue weighted by Crippen LogP contribution is -2.45. The van der Waals surface area contributed by atoms with Gasteiger partial charge in [-0.05, 0) is 19.3 Å². The van der Waals surface area contributed by atoms with E-state index in [1.54, 1.807) is 6.08 Å². The fourth-order valence-corrected chi connectivity index (χ4v) is 6.71. The van der Waals surface area contributed by atoms with Crippen LogP contribution in [0.3, 0.4) is 0 Å². The minimum absolute atomic E-state index is 0.0690. The molecular formula is C43H85NO3. The van der Waals surface area contributed by atoms with Crippen LogP contribution in [0, 0.1) is 0 Å². The summed E-state index contributed by atoms with van der Waals surface area (Å²) in [6, 6.07) is -0.614. The van der Waals surface area contributed by atoms with Crippen molar-refractivity contribution in [2.75, 3.05) is 6.61 Å². The van der Waals surface area contributed by atoms with E-state index in [1.165, 1.54) is 193 Å². The minimum atomic E-state index is -0.831. The molecule has 0 aromatic rings. The number of unbranched alkanes of at least 4 members (excludes halogenated alkanes) is 32. The van der Waals surface area contributed by atoms with Crippen molar-refractivity contribution in [3.63, 3.8) is 0 Å². The van der Waals surface area contributed by atoms with E-state index in [1.807, 2.05) is 6.08 Å². The monoisotopic (exact) mass is 664 g/mol. The molecule has 280 valence electrons. The van der Waals surface area contributed by atoms with Crippen molar-refractivity contribution in [2.45, 2.75) is 251 Å². The first-order valence-corrected chi connectivity index (χ1v) is 21.4. The molecule has 0 saturated carbocycles. The van der Waals surface area contributed by atoms with Gasteiger partial charge in [0, 0.05) is 6.42 Å². The maximum absolute atomic E-state index is 12.2. The van der Waals surface area contributed by atoms with Gasteiger partial charge in [-0.3, -0.25) is 4.79 Å². The number of rotatable bonds is 39. The topological polar surface area (TPSA) is 69.6 Å². The molecular weight excluding hydrogens is 578 g/mol. The van der Waals surface area contributed by atoms with Crippen LogP contribution in [0.4, 0.5) is 0 Å². The molecule has 1 amide bonds. The van der Waals surface area contributed by atoms with Gasteiger partial charge in [-0.2, -0.15) is 0 Å². The largest absolute Gasteiger partial charge is 0.394 e. The van der Waals surface area contributed by atoms with Gasteiger partial charge in [0.25, 0.3) is 0 Å². The van der Waals surface area contributed by atoms with Crippen LogP contribution in [0.2, 0.25) is 0 Å². The second-order valence-electron chi connectivity index (χ2n) is 14.8. The van der Waals surface area contributed by atoms with Crippen LogP contribution in [0.5, 0.6) is 0 Å². The molecule has 2 unspecified atom stereocenters. The summed E-state index contributed by atoms with van der Waals surface area (Å²) >= 11 is 0. The Bertz CT molecular complexity index is 637. The molecule has 0 aliphatic heterocycles. The zero-order valence-corrected chi connectivity index (χ0v) is 32.1. The fraction of sp³-hybridized carbons (Fsp3) is 0.930. The van der Waals surface area contributed by atoms with E-state index in [0.29, 0.717) is 6.42 Å². The molecule has 2 atom stereocenters. The van der Waals surface area contributed by atoms with E-state index >= 15 is 0 Å². The third-order valence-corrected chi connectivity index (χ3v) is 10.0. The summed E-state index contributed by atoms with van der Waals surface area (Å²) < 4.78 is 0. The number of hydrogen-bond acceptors (Lipinski definition) is 3. The van der Waals surface area contributed by atoms with Crippen molar-refractivity contribution in [1.29, 1.82) is 0 Å². The second kappa shape index (κ2) is 39.6. The maximum atomic E-state index is 12.2. The van der Waals surface area contributed by atoms with Gasteiger partial charge >= 0.3 is 0 Å². The first kappa shape index (κ1) is 46.1. The number of hydrogen-bond donors (Lipinski definition) is 3. The molecule has 3 N–H and O–H groups in total. The average molecular weight is 664 g/mol. The van der Waals surface area contributed by atoms with Crippen molar-refractivity contribution in [3.05, 3.63) is 12.2 Å². The van der Waals surface area contributed by atoms with Gasteiger partial charge in [-0.15, -0.1) is 0 Å². The predicted molar refractivity (Wildman–Crippen MR) is 207 cm³/mol. The zero-order valence-electron chi connectivity index (χ0n) is 32.1. The van der Waals surface area contributed by atoms with E-state index in [4.69, 9.17) is 0 Å². The Balaban J connectivity index is 3.40. The number of aliphatic hydroxyl groups is 2. The number of nitrogens with one attached hydrogen (secondary N) is 1. The SMILES string of the molecule is CCCCCCCCCCCCCCCCCCCCCCCCCCCC/C=C/C(O)C(CO)NC(=O)CCCCCCCCC. The molecule has 0 spiro atoms. The molecule has 0 aliphatic rings. The quantitative estimate of drug-likeness (QED) is 0.0453. The number of carbonyl (C=O) groups is 1. The lowest BCUT2D eigenvalue weighted by atomic mass is 10.0. The van der Waals surface area contributed by atoms with Crippen molar-refractivity contribution >= 4 is 5.91 Å². The summed E-state index contributed by atoms with van der Waals surface area (Å²) in [6.07, 6.45) is 49.2. The van der Waals surface area contributed by atoms with Crippen LogP contribution < -0.4 is 5.32 Å². The van der Waals surface area contributed by atoms with Crippen LogP contribution in [0.1, 0.15) is 239 Å². The van der Waals surface area contributed by atoms with Gasteiger partial charge in [0.1, 0.15) is 0 Å². The molecule has 47 heavy (non-hydrogen) atoms. The molecule has 0 aliphatic carbocycles. The van der Waals surface area contributed by atoms with Crippen LogP contribution in [-0.2, 0) is 4.79 Å². The summed E-state index contributed by atoms with van der Waals surface area (Å²) in [7, 11) is 0. The van der Waals surface area contributed by atoms with Gasteiger partial charge in [0.05, 0.1) is 18.8 Å². The molecule has 0 rings (SSSR count). The normalized spacial score (nSPS) is 13.0. The molecule has 4 heteroatoms. The fourth-order valence-electron chi connectivity index (χ4n) is 6.71. The molecule has 0 fully saturated rings. The lowest BCUT2D eigenvalue weighted by Gasteiger charge is -2.20. The standard InChI is InChI=1S/C43H85NO3/c1-3-5-7-9-11-12-13-14-15-16-17-18-19-20-21-22-23-24-25-26-27-28-29-30-31-33-34-36-38-42(46)41(40-45)44-43(47)39-37-35-32-10-8-6-4-2/h36,38,41-42,45-46H,3-35,37,39-40H2,1-2H3,(H,44,47)/b38-36+. The summed E-state index contributed by atoms with van der Waals surface area (Å²) in [5, 5.41) is 22.8. The summed E-state index contributed by atoms with van der Waals surface area (Å²) in [5.74, 6) is -0.0690. The summed E-state index contributed by atoms with van der Waals surface area (Å²) in [6.45, 7) is 4.27. The molecule has 0 aromatic heterocycles. The Morgan fingerprint density at radius 1 is 0.489 bits per heavy atom. The Hall–Kier alpha value is -0.870. The van der Waals surface area contributed by atoms with Crippen LogP contribution in [0.25, 0.3) is 0 Å². The number of allylic oxidation sites excluding steroid dienone is 1. The summed E-state index contributed by atoms with van der Waals surface area (Å²) in [5.41, 5.74) is 0. The zero-order chi connectivity index (χ0) is 34.3. The van der Waals surface area contributed by atoms with E-state index in [9.17, 15) is 15.0 Å². The Kier molecular flexibility index (Phi) is 38.8. The van der Waals surface area contributed by atoms with Gasteiger partial charge in [0.2, 0.25) is 5.91 Å². The Morgan fingerprint density at radius 3 is 1.11 bits per heavy atom. The van der Waals surface area contributed by atoms with E-state index in [-0.39, 0.29) is 12.5 Å². The molecule has 0 bridgehead atoms. The Labute approximate surface area is 295 Å². The molecule has 0 radical (unpaired) electrons. The predicted octanol–water partition coefficient (Wildman–Crippen LogP) is 13.1. The minimum Gasteiger partial charge on any atom is -0.394 e. The van der Waals surface area contributed by atoms with E-state index in [2.05, 4.69) is 19.2 Å². The number of aliphatic hydroxyl groups excluding tert-OH is 2. The van der Waals surface area contributed by atoms with Crippen molar-refractivity contribution in [3.8, 4) is 0 Å².